The number of anilines is 2. The second-order valence-corrected chi connectivity index (χ2v) is 4.55. The Kier molecular flexibility index (Phi) is 3.72. The quantitative estimate of drug-likeness (QED) is 0.627. The van der Waals surface area contributed by atoms with Crippen molar-refractivity contribution in [3.8, 4) is 0 Å². The first-order valence-corrected chi connectivity index (χ1v) is 6.02. The van der Waals surface area contributed by atoms with Gasteiger partial charge in [0, 0.05) is 6.61 Å². The summed E-state index contributed by atoms with van der Waals surface area (Å²) in [5.74, 6) is -0.446. The molecule has 0 radical (unpaired) electrons. The second kappa shape index (κ2) is 5.27. The molecule has 1 atom stereocenters. The smallest absolute Gasteiger partial charge is 0.340 e. The molecule has 0 aromatic heterocycles. The Labute approximate surface area is 106 Å². The van der Waals surface area contributed by atoms with E-state index in [2.05, 4.69) is 0 Å². The van der Waals surface area contributed by atoms with Gasteiger partial charge >= 0.3 is 5.97 Å². The van der Waals surface area contributed by atoms with Gasteiger partial charge in [-0.25, -0.2) is 4.79 Å². The van der Waals surface area contributed by atoms with Crippen LogP contribution in [-0.4, -0.2) is 25.3 Å². The third-order valence-electron chi connectivity index (χ3n) is 3.00. The molecule has 18 heavy (non-hydrogen) atoms. The molecule has 1 aliphatic rings. The molecule has 1 unspecified atom stereocenters. The zero-order valence-corrected chi connectivity index (χ0v) is 10.4. The lowest BCUT2D eigenvalue weighted by molar-refractivity contribution is 0.0162. The van der Waals surface area contributed by atoms with Gasteiger partial charge in [-0.2, -0.15) is 0 Å². The van der Waals surface area contributed by atoms with E-state index in [0.717, 1.165) is 25.0 Å². The lowest BCUT2D eigenvalue weighted by Gasteiger charge is -2.12. The standard InChI is InChI=1S/C13H18N2O3/c1-8-5-10(12(15)11(14)6-8)13(16)18-7-9-3-2-4-17-9/h5-6,9H,2-4,7,14-15H2,1H3. The van der Waals surface area contributed by atoms with Crippen LogP contribution < -0.4 is 11.5 Å². The number of nitrogens with two attached hydrogens (primary N) is 2. The van der Waals surface area contributed by atoms with E-state index in [9.17, 15) is 4.79 Å². The lowest BCUT2D eigenvalue weighted by atomic mass is 10.1. The summed E-state index contributed by atoms with van der Waals surface area (Å²) in [5.41, 5.74) is 13.4. The van der Waals surface area contributed by atoms with Gasteiger partial charge in [0.05, 0.1) is 23.0 Å². The Morgan fingerprint density at radius 2 is 2.28 bits per heavy atom. The number of benzene rings is 1. The van der Waals surface area contributed by atoms with Crippen LogP contribution in [0.25, 0.3) is 0 Å². The molecule has 1 saturated heterocycles. The van der Waals surface area contributed by atoms with Crippen molar-refractivity contribution in [3.05, 3.63) is 23.3 Å². The highest BCUT2D eigenvalue weighted by atomic mass is 16.6. The highest BCUT2D eigenvalue weighted by Crippen LogP contribution is 2.23. The SMILES string of the molecule is Cc1cc(N)c(N)c(C(=O)OCC2CCCO2)c1. The number of aryl methyl sites for hydroxylation is 1. The van der Waals surface area contributed by atoms with Crippen LogP contribution in [0, 0.1) is 6.92 Å². The predicted octanol–water partition coefficient (Wildman–Crippen LogP) is 1.50. The van der Waals surface area contributed by atoms with E-state index in [1.807, 2.05) is 6.92 Å². The number of esters is 1. The lowest BCUT2D eigenvalue weighted by Crippen LogP contribution is -2.19. The number of ether oxygens (including phenoxy) is 2. The summed E-state index contributed by atoms with van der Waals surface area (Å²) in [7, 11) is 0. The molecule has 0 bridgehead atoms. The zero-order chi connectivity index (χ0) is 13.1. The molecule has 0 aliphatic carbocycles. The fourth-order valence-corrected chi connectivity index (χ4v) is 2.02. The van der Waals surface area contributed by atoms with Gasteiger partial charge in [-0.15, -0.1) is 0 Å². The minimum atomic E-state index is -0.446. The summed E-state index contributed by atoms with van der Waals surface area (Å²) in [4.78, 5) is 11.9. The van der Waals surface area contributed by atoms with E-state index in [1.165, 1.54) is 0 Å². The third-order valence-corrected chi connectivity index (χ3v) is 3.00. The summed E-state index contributed by atoms with van der Waals surface area (Å²) in [6.45, 7) is 2.86. The minimum Gasteiger partial charge on any atom is -0.459 e. The van der Waals surface area contributed by atoms with Crippen molar-refractivity contribution in [2.75, 3.05) is 24.7 Å². The van der Waals surface area contributed by atoms with Gasteiger partial charge < -0.3 is 20.9 Å². The number of hydrogen-bond acceptors (Lipinski definition) is 5. The molecular weight excluding hydrogens is 232 g/mol. The second-order valence-electron chi connectivity index (χ2n) is 4.55. The van der Waals surface area contributed by atoms with Gasteiger partial charge in [0.2, 0.25) is 0 Å². The van der Waals surface area contributed by atoms with Crippen LogP contribution in [0.15, 0.2) is 12.1 Å². The van der Waals surface area contributed by atoms with Crippen molar-refractivity contribution in [3.63, 3.8) is 0 Å². The van der Waals surface area contributed by atoms with E-state index in [-0.39, 0.29) is 18.4 Å². The molecule has 2 rings (SSSR count). The molecule has 5 nitrogen and oxygen atoms in total. The summed E-state index contributed by atoms with van der Waals surface area (Å²) in [5, 5.41) is 0. The average molecular weight is 250 g/mol. The fourth-order valence-electron chi connectivity index (χ4n) is 2.02. The Hall–Kier alpha value is -1.75. The van der Waals surface area contributed by atoms with Crippen molar-refractivity contribution in [1.82, 2.24) is 0 Å². The Balaban J connectivity index is 2.04. The van der Waals surface area contributed by atoms with Gasteiger partial charge in [0.25, 0.3) is 0 Å². The topological polar surface area (TPSA) is 87.6 Å². The number of carbonyl (C=O) groups is 1. The van der Waals surface area contributed by atoms with E-state index >= 15 is 0 Å². The van der Waals surface area contributed by atoms with Gasteiger partial charge in [-0.05, 0) is 37.5 Å². The third kappa shape index (κ3) is 2.73. The van der Waals surface area contributed by atoms with Gasteiger partial charge in [-0.1, -0.05) is 0 Å². The van der Waals surface area contributed by atoms with Crippen molar-refractivity contribution in [2.24, 2.45) is 0 Å². The molecule has 1 aromatic carbocycles. The normalized spacial score (nSPS) is 18.8. The van der Waals surface area contributed by atoms with Crippen LogP contribution in [0.3, 0.4) is 0 Å². The van der Waals surface area contributed by atoms with E-state index in [1.54, 1.807) is 12.1 Å². The summed E-state index contributed by atoms with van der Waals surface area (Å²) in [6.07, 6.45) is 1.96. The monoisotopic (exact) mass is 250 g/mol. The predicted molar refractivity (Wildman–Crippen MR) is 69.3 cm³/mol. The highest BCUT2D eigenvalue weighted by molar-refractivity contribution is 5.98. The number of nitrogen functional groups attached to an aromatic ring is 2. The molecule has 0 saturated carbocycles. The first-order chi connectivity index (χ1) is 8.58. The maximum absolute atomic E-state index is 11.9. The van der Waals surface area contributed by atoms with Crippen molar-refractivity contribution in [2.45, 2.75) is 25.9 Å². The molecule has 98 valence electrons. The summed E-state index contributed by atoms with van der Waals surface area (Å²) >= 11 is 0. The minimum absolute atomic E-state index is 0.0114. The largest absolute Gasteiger partial charge is 0.459 e. The molecule has 5 heteroatoms. The molecule has 0 spiro atoms. The molecule has 4 N–H and O–H groups in total. The number of hydrogen-bond donors (Lipinski definition) is 2. The highest BCUT2D eigenvalue weighted by Gasteiger charge is 2.19. The van der Waals surface area contributed by atoms with E-state index in [0.29, 0.717) is 11.3 Å². The van der Waals surface area contributed by atoms with Gasteiger partial charge in [-0.3, -0.25) is 0 Å². The van der Waals surface area contributed by atoms with Crippen molar-refractivity contribution >= 4 is 17.3 Å². The molecule has 1 aromatic rings. The first-order valence-electron chi connectivity index (χ1n) is 6.02. The Bertz CT molecular complexity index is 454. The van der Waals surface area contributed by atoms with Crippen LogP contribution in [0.1, 0.15) is 28.8 Å². The molecule has 1 aliphatic heterocycles. The van der Waals surface area contributed by atoms with Crippen molar-refractivity contribution < 1.29 is 14.3 Å². The number of rotatable bonds is 3. The fraction of sp³-hybridized carbons (Fsp3) is 0.462. The van der Waals surface area contributed by atoms with Crippen LogP contribution in [-0.2, 0) is 9.47 Å². The molecular formula is C13H18N2O3. The summed E-state index contributed by atoms with van der Waals surface area (Å²) < 4.78 is 10.6. The molecule has 1 heterocycles. The zero-order valence-electron chi connectivity index (χ0n) is 10.4. The van der Waals surface area contributed by atoms with E-state index in [4.69, 9.17) is 20.9 Å². The Morgan fingerprint density at radius 1 is 1.50 bits per heavy atom. The molecule has 1 fully saturated rings. The van der Waals surface area contributed by atoms with Crippen LogP contribution in [0.4, 0.5) is 11.4 Å². The Morgan fingerprint density at radius 3 is 2.94 bits per heavy atom. The first kappa shape index (κ1) is 12.7. The number of carbonyl (C=O) groups excluding carboxylic acids is 1. The maximum atomic E-state index is 11.9. The summed E-state index contributed by atoms with van der Waals surface area (Å²) in [6, 6.07) is 3.41. The van der Waals surface area contributed by atoms with Crippen LogP contribution >= 0.6 is 0 Å². The van der Waals surface area contributed by atoms with Crippen molar-refractivity contribution in [1.29, 1.82) is 0 Å². The van der Waals surface area contributed by atoms with E-state index < -0.39 is 5.97 Å². The van der Waals surface area contributed by atoms with Gasteiger partial charge in [0.15, 0.2) is 0 Å². The van der Waals surface area contributed by atoms with Gasteiger partial charge in [0.1, 0.15) is 6.61 Å². The average Bonchev–Trinajstić information content (AvgIpc) is 2.83. The molecule has 0 amide bonds. The van der Waals surface area contributed by atoms with Crippen LogP contribution in [0.5, 0.6) is 0 Å². The van der Waals surface area contributed by atoms with Crippen LogP contribution in [0.2, 0.25) is 0 Å². The maximum Gasteiger partial charge on any atom is 0.340 e.